The fourth-order valence-corrected chi connectivity index (χ4v) is 6.74. The molecule has 6 aromatic heterocycles. The summed E-state index contributed by atoms with van der Waals surface area (Å²) >= 11 is 0. The minimum atomic E-state index is -0.522. The lowest BCUT2D eigenvalue weighted by molar-refractivity contribution is 1.09. The van der Waals surface area contributed by atoms with Crippen LogP contribution in [-0.2, 0) is 0 Å². The maximum atomic E-state index is 4.95. The summed E-state index contributed by atoms with van der Waals surface area (Å²) in [6.45, 7) is 0. The van der Waals surface area contributed by atoms with E-state index in [4.69, 9.17) is 44.9 Å². The summed E-state index contributed by atoms with van der Waals surface area (Å²) in [5.74, 6) is 3.79. The molecule has 45 heavy (non-hydrogen) atoms. The zero-order chi connectivity index (χ0) is 29.5. The molecule has 0 bridgehead atoms. The molecular formula is C27H18B3N15. The number of hydrogen-bond acceptors (Lipinski definition) is 15. The van der Waals surface area contributed by atoms with Crippen LogP contribution in [0.2, 0.25) is 0 Å². The SMILES string of the molecule is c1cnc(N2B3N(B4N(B5N3c3ncccc3N5c3ncccn3)c3ncccc3N4c3ncccn3)c3ncccc32)nc1. The van der Waals surface area contributed by atoms with Crippen molar-refractivity contribution in [1.29, 1.82) is 0 Å². The maximum Gasteiger partial charge on any atom is 0.494 e. The molecule has 0 saturated carbocycles. The first-order chi connectivity index (χ1) is 22.4. The Morgan fingerprint density at radius 2 is 0.600 bits per heavy atom. The van der Waals surface area contributed by atoms with Gasteiger partial charge in [0.2, 0.25) is 17.8 Å². The van der Waals surface area contributed by atoms with Crippen LogP contribution in [0, 0.1) is 0 Å². The lowest BCUT2D eigenvalue weighted by atomic mass is 9.56. The zero-order valence-electron chi connectivity index (χ0n) is 23.3. The number of hydrogen-bond donors (Lipinski definition) is 0. The van der Waals surface area contributed by atoms with Crippen molar-refractivity contribution in [2.75, 3.05) is 28.6 Å². The predicted octanol–water partition coefficient (Wildman–Crippen LogP) is 2.48. The zero-order valence-corrected chi connectivity index (χ0v) is 23.3. The van der Waals surface area contributed by atoms with Crippen LogP contribution in [0.4, 0.5) is 52.4 Å². The van der Waals surface area contributed by atoms with Crippen molar-refractivity contribution in [1.82, 2.24) is 44.9 Å². The highest BCUT2D eigenvalue weighted by Crippen LogP contribution is 2.55. The Morgan fingerprint density at radius 3 is 0.889 bits per heavy atom. The van der Waals surface area contributed by atoms with Gasteiger partial charge in [-0.1, -0.05) is 0 Å². The number of nitrogens with zero attached hydrogens (tertiary/aromatic N) is 15. The van der Waals surface area contributed by atoms with E-state index in [0.717, 1.165) is 34.5 Å². The highest BCUT2D eigenvalue weighted by Gasteiger charge is 2.71. The molecule has 18 heteroatoms. The molecule has 0 atom stereocenters. The summed E-state index contributed by atoms with van der Waals surface area (Å²) in [4.78, 5) is 49.4. The van der Waals surface area contributed by atoms with Crippen LogP contribution >= 0.6 is 0 Å². The van der Waals surface area contributed by atoms with E-state index in [1.54, 1.807) is 55.8 Å². The average Bonchev–Trinajstić information content (AvgIpc) is 3.75. The fraction of sp³-hybridized carbons (Fsp3) is 0. The molecule has 0 aromatic carbocycles. The van der Waals surface area contributed by atoms with Crippen molar-refractivity contribution in [3.05, 3.63) is 110 Å². The van der Waals surface area contributed by atoms with E-state index in [2.05, 4.69) is 28.6 Å². The molecular weight excluding hydrogens is 567 g/mol. The van der Waals surface area contributed by atoms with Crippen LogP contribution in [0.25, 0.3) is 0 Å². The Morgan fingerprint density at radius 1 is 0.333 bits per heavy atom. The molecule has 210 valence electrons. The van der Waals surface area contributed by atoms with E-state index in [0.29, 0.717) is 17.8 Å². The van der Waals surface area contributed by atoms with Gasteiger partial charge in [0.25, 0.3) is 0 Å². The van der Waals surface area contributed by atoms with Crippen LogP contribution in [-0.4, -0.2) is 66.2 Å². The third kappa shape index (κ3) is 3.19. The topological polar surface area (TPSA) is 135 Å². The summed E-state index contributed by atoms with van der Waals surface area (Å²) < 4.78 is 6.69. The quantitative estimate of drug-likeness (QED) is 0.281. The van der Waals surface area contributed by atoms with Gasteiger partial charge in [-0.3, -0.25) is 0 Å². The second-order valence-electron chi connectivity index (χ2n) is 10.6. The maximum absolute atomic E-state index is 4.95. The van der Waals surface area contributed by atoms with Crippen molar-refractivity contribution >= 4 is 73.7 Å². The molecule has 4 aliphatic rings. The van der Waals surface area contributed by atoms with E-state index in [-0.39, 0.29) is 0 Å². The Balaban J connectivity index is 1.30. The fourth-order valence-electron chi connectivity index (χ4n) is 6.74. The first-order valence-corrected chi connectivity index (χ1v) is 14.3. The molecule has 15 nitrogen and oxygen atoms in total. The van der Waals surface area contributed by atoms with Crippen molar-refractivity contribution in [2.45, 2.75) is 0 Å². The minimum absolute atomic E-state index is 0.522. The third-order valence-electron chi connectivity index (χ3n) is 8.30. The number of rotatable bonds is 3. The Labute approximate surface area is 257 Å². The highest BCUT2D eigenvalue weighted by molar-refractivity contribution is 7.11. The van der Waals surface area contributed by atoms with Crippen LogP contribution < -0.4 is 28.6 Å². The van der Waals surface area contributed by atoms with Crippen LogP contribution in [0.1, 0.15) is 0 Å². The minimum Gasteiger partial charge on any atom is -0.366 e. The van der Waals surface area contributed by atoms with E-state index >= 15 is 0 Å². The van der Waals surface area contributed by atoms with Gasteiger partial charge in [-0.15, -0.1) is 0 Å². The van der Waals surface area contributed by atoms with Gasteiger partial charge in [-0.25, -0.2) is 44.9 Å². The highest BCUT2D eigenvalue weighted by atomic mass is 15.6. The monoisotopic (exact) mass is 585 g/mol. The van der Waals surface area contributed by atoms with Crippen molar-refractivity contribution in [2.24, 2.45) is 0 Å². The van der Waals surface area contributed by atoms with Crippen LogP contribution in [0.15, 0.2) is 110 Å². The molecule has 0 aliphatic carbocycles. The smallest absolute Gasteiger partial charge is 0.366 e. The van der Waals surface area contributed by atoms with Gasteiger partial charge in [0.15, 0.2) is 0 Å². The molecule has 10 rings (SSSR count). The van der Waals surface area contributed by atoms with Gasteiger partial charge in [0, 0.05) is 55.8 Å². The van der Waals surface area contributed by atoms with Gasteiger partial charge in [0.05, 0.1) is 17.1 Å². The molecule has 0 spiro atoms. The van der Waals surface area contributed by atoms with E-state index < -0.39 is 21.4 Å². The summed E-state index contributed by atoms with van der Waals surface area (Å²) in [7, 11) is -1.57. The third-order valence-corrected chi connectivity index (χ3v) is 8.30. The van der Waals surface area contributed by atoms with Gasteiger partial charge < -0.3 is 28.6 Å². The molecule has 0 amide bonds. The predicted molar refractivity (Wildman–Crippen MR) is 170 cm³/mol. The van der Waals surface area contributed by atoms with Gasteiger partial charge in [-0.2, -0.15) is 0 Å². The number of pyridine rings is 3. The second kappa shape index (κ2) is 9.09. The van der Waals surface area contributed by atoms with Gasteiger partial charge in [0.1, 0.15) is 17.5 Å². The normalized spacial score (nSPS) is 15.6. The Hall–Kier alpha value is -6.32. The standard InChI is InChI=1S/C27H18B3N15/c1-7-19-22(31-10-1)43-28(40(19)25-34-13-4-14-35-25)44-23-20(8-2-11-32-23)42(27-38-17-6-18-39-27)30(44)45-24-21(9-3-12-33-24)41(29(43)45)26-36-15-5-16-37-26/h1-18H. The van der Waals surface area contributed by atoms with Crippen molar-refractivity contribution < 1.29 is 0 Å². The number of fused-ring (bicyclic) bond motifs is 12. The number of aromatic nitrogens is 9. The lowest BCUT2D eigenvalue weighted by Crippen LogP contribution is -2.84. The molecule has 10 heterocycles. The molecule has 1 fully saturated rings. The van der Waals surface area contributed by atoms with E-state index in [1.807, 2.05) is 54.6 Å². The van der Waals surface area contributed by atoms with Crippen molar-refractivity contribution in [3.8, 4) is 0 Å². The second-order valence-corrected chi connectivity index (χ2v) is 10.6. The van der Waals surface area contributed by atoms with Gasteiger partial charge >= 0.3 is 21.4 Å². The largest absolute Gasteiger partial charge is 0.494 e. The summed E-state index contributed by atoms with van der Waals surface area (Å²) in [5.41, 5.74) is 2.54. The molecule has 6 aromatic rings. The summed E-state index contributed by atoms with van der Waals surface area (Å²) in [5, 5.41) is 0. The average molecular weight is 585 g/mol. The Bertz CT molecular complexity index is 1820. The first-order valence-electron chi connectivity index (χ1n) is 14.3. The van der Waals surface area contributed by atoms with E-state index in [9.17, 15) is 0 Å². The van der Waals surface area contributed by atoms with Crippen LogP contribution in [0.3, 0.4) is 0 Å². The lowest BCUT2D eigenvalue weighted by Gasteiger charge is -2.49. The van der Waals surface area contributed by atoms with E-state index in [1.165, 1.54) is 0 Å². The van der Waals surface area contributed by atoms with Crippen LogP contribution in [0.5, 0.6) is 0 Å². The molecule has 4 aliphatic heterocycles. The van der Waals surface area contributed by atoms with Gasteiger partial charge in [-0.05, 0) is 54.6 Å². The van der Waals surface area contributed by atoms with Crippen molar-refractivity contribution in [3.63, 3.8) is 0 Å². The molecule has 0 radical (unpaired) electrons. The summed E-state index contributed by atoms with van der Waals surface area (Å²) in [6.07, 6.45) is 15.9. The molecule has 0 N–H and O–H groups in total. The number of anilines is 9. The first kappa shape index (κ1) is 24.2. The molecule has 0 unspecified atom stereocenters. The summed E-state index contributed by atoms with van der Waals surface area (Å²) in [6, 6.07) is 17.3. The Kier molecular flexibility index (Phi) is 4.88. The molecule has 1 saturated heterocycles.